The summed E-state index contributed by atoms with van der Waals surface area (Å²) in [6.45, 7) is 0. The molecular weight excluding hydrogens is 381 g/mol. The van der Waals surface area contributed by atoms with Gasteiger partial charge < -0.3 is 4.74 Å². The molecular formula is C21H21F3N4O. The van der Waals surface area contributed by atoms with Gasteiger partial charge in [0.25, 0.3) is 0 Å². The Balaban J connectivity index is 1.58. The molecule has 1 saturated carbocycles. The Morgan fingerprint density at radius 3 is 2.55 bits per heavy atom. The first-order chi connectivity index (χ1) is 14.0. The number of tetrazole rings is 1. The summed E-state index contributed by atoms with van der Waals surface area (Å²) >= 11 is 0. The van der Waals surface area contributed by atoms with Crippen molar-refractivity contribution in [3.63, 3.8) is 0 Å². The molecule has 2 atom stereocenters. The van der Waals surface area contributed by atoms with Crippen LogP contribution in [-0.2, 0) is 17.3 Å². The molecule has 2 aromatic carbocycles. The van der Waals surface area contributed by atoms with Crippen LogP contribution in [0.4, 0.5) is 13.2 Å². The molecule has 1 aliphatic rings. The van der Waals surface area contributed by atoms with Gasteiger partial charge >= 0.3 is 6.18 Å². The zero-order chi connectivity index (χ0) is 20.4. The molecule has 0 saturated heterocycles. The van der Waals surface area contributed by atoms with Crippen molar-refractivity contribution in [1.29, 1.82) is 0 Å². The van der Waals surface area contributed by atoms with Gasteiger partial charge in [-0.05, 0) is 54.2 Å². The van der Waals surface area contributed by atoms with Gasteiger partial charge in [0.15, 0.2) is 0 Å². The van der Waals surface area contributed by atoms with Gasteiger partial charge in [-0.15, -0.1) is 10.2 Å². The predicted molar refractivity (Wildman–Crippen MR) is 101 cm³/mol. The lowest BCUT2D eigenvalue weighted by atomic mass is 9.98. The third-order valence-corrected chi connectivity index (χ3v) is 5.38. The van der Waals surface area contributed by atoms with Gasteiger partial charge in [0.1, 0.15) is 0 Å². The molecule has 0 spiro atoms. The van der Waals surface area contributed by atoms with E-state index in [1.807, 2.05) is 24.3 Å². The van der Waals surface area contributed by atoms with Crippen LogP contribution in [0.1, 0.15) is 42.0 Å². The van der Waals surface area contributed by atoms with Crippen LogP contribution in [0.5, 0.6) is 0 Å². The highest BCUT2D eigenvalue weighted by atomic mass is 19.4. The number of hydrogen-bond donors (Lipinski definition) is 0. The summed E-state index contributed by atoms with van der Waals surface area (Å²) in [6.07, 6.45) is -0.791. The van der Waals surface area contributed by atoms with Crippen LogP contribution in [0, 0.1) is 0 Å². The van der Waals surface area contributed by atoms with Crippen molar-refractivity contribution in [1.82, 2.24) is 20.2 Å². The zero-order valence-corrected chi connectivity index (χ0v) is 15.9. The number of rotatable bonds is 5. The summed E-state index contributed by atoms with van der Waals surface area (Å²) in [6, 6.07) is 12.9. The molecule has 8 heteroatoms. The van der Waals surface area contributed by atoms with Crippen LogP contribution >= 0.6 is 0 Å². The van der Waals surface area contributed by atoms with Crippen molar-refractivity contribution in [2.75, 3.05) is 7.11 Å². The highest BCUT2D eigenvalue weighted by Gasteiger charge is 2.31. The van der Waals surface area contributed by atoms with Gasteiger partial charge in [0.05, 0.1) is 17.7 Å². The largest absolute Gasteiger partial charge is 0.416 e. The number of ether oxygens (including phenoxy) is 1. The number of halogens is 3. The molecule has 1 heterocycles. The van der Waals surface area contributed by atoms with E-state index in [0.717, 1.165) is 48.1 Å². The first-order valence-electron chi connectivity index (χ1n) is 9.52. The van der Waals surface area contributed by atoms with E-state index in [2.05, 4.69) is 15.4 Å². The minimum atomic E-state index is -4.33. The molecule has 1 aliphatic carbocycles. The van der Waals surface area contributed by atoms with Crippen LogP contribution < -0.4 is 0 Å². The number of alkyl halides is 3. The maximum atomic E-state index is 12.8. The molecule has 3 aromatic rings. The third-order valence-electron chi connectivity index (χ3n) is 5.38. The summed E-state index contributed by atoms with van der Waals surface area (Å²) in [5.74, 6) is 0.509. The predicted octanol–water partition coefficient (Wildman–Crippen LogP) is 4.69. The first-order valence-corrected chi connectivity index (χ1v) is 9.52. The summed E-state index contributed by atoms with van der Waals surface area (Å²) in [7, 11) is 1.69. The van der Waals surface area contributed by atoms with E-state index in [1.165, 1.54) is 12.1 Å². The van der Waals surface area contributed by atoms with Crippen LogP contribution in [0.2, 0.25) is 0 Å². The monoisotopic (exact) mass is 402 g/mol. The Kier molecular flexibility index (Phi) is 5.36. The molecule has 1 fully saturated rings. The van der Waals surface area contributed by atoms with Crippen LogP contribution in [-0.4, -0.2) is 33.4 Å². The number of nitrogens with zero attached hydrogens (tertiary/aromatic N) is 4. The maximum absolute atomic E-state index is 12.8. The minimum Gasteiger partial charge on any atom is -0.379 e. The highest BCUT2D eigenvalue weighted by Crippen LogP contribution is 2.32. The third kappa shape index (κ3) is 4.17. The van der Waals surface area contributed by atoms with Crippen molar-refractivity contribution in [3.8, 4) is 11.4 Å². The standard InChI is InChI=1S/C21H21F3N4O/c1-29-19-8-4-7-18(19)28-26-20(25-27-28)17-6-3-2-5-15(17)13-14-9-11-16(12-10-14)21(22,23)24/h2-3,5-6,9-12,18-19H,4,7-8,13H2,1H3. The number of aromatic nitrogens is 4. The Bertz CT molecular complexity index is 969. The van der Waals surface area contributed by atoms with Gasteiger partial charge in [0.2, 0.25) is 5.82 Å². The number of benzene rings is 2. The molecule has 0 amide bonds. The van der Waals surface area contributed by atoms with Gasteiger partial charge in [-0.2, -0.15) is 18.0 Å². The minimum absolute atomic E-state index is 0.0725. The summed E-state index contributed by atoms with van der Waals surface area (Å²) in [5, 5.41) is 13.0. The van der Waals surface area contributed by atoms with Gasteiger partial charge in [-0.1, -0.05) is 36.4 Å². The Labute approximate surface area is 166 Å². The summed E-state index contributed by atoms with van der Waals surface area (Å²) in [4.78, 5) is 1.63. The first kappa shape index (κ1) is 19.6. The summed E-state index contributed by atoms with van der Waals surface area (Å²) in [5.41, 5.74) is 1.89. The van der Waals surface area contributed by atoms with E-state index in [4.69, 9.17) is 4.74 Å². The molecule has 5 nitrogen and oxygen atoms in total. The van der Waals surface area contributed by atoms with E-state index in [-0.39, 0.29) is 12.1 Å². The molecule has 0 N–H and O–H groups in total. The van der Waals surface area contributed by atoms with Crippen LogP contribution in [0.3, 0.4) is 0 Å². The normalized spacial score (nSPS) is 19.6. The molecule has 1 aromatic heterocycles. The molecule has 4 rings (SSSR count). The van der Waals surface area contributed by atoms with E-state index < -0.39 is 11.7 Å². The fourth-order valence-electron chi connectivity index (χ4n) is 3.84. The fraction of sp³-hybridized carbons (Fsp3) is 0.381. The average Bonchev–Trinajstić information content (AvgIpc) is 3.37. The number of hydrogen-bond acceptors (Lipinski definition) is 4. The van der Waals surface area contributed by atoms with Gasteiger partial charge in [0, 0.05) is 12.7 Å². The van der Waals surface area contributed by atoms with Crippen molar-refractivity contribution in [2.45, 2.75) is 44.0 Å². The fourth-order valence-corrected chi connectivity index (χ4v) is 3.84. The Morgan fingerprint density at radius 1 is 1.07 bits per heavy atom. The van der Waals surface area contributed by atoms with Crippen molar-refractivity contribution >= 4 is 0 Å². The van der Waals surface area contributed by atoms with E-state index in [9.17, 15) is 13.2 Å². The lowest BCUT2D eigenvalue weighted by Crippen LogP contribution is -2.22. The molecule has 29 heavy (non-hydrogen) atoms. The lowest BCUT2D eigenvalue weighted by Gasteiger charge is -2.16. The van der Waals surface area contributed by atoms with Crippen LogP contribution in [0.15, 0.2) is 48.5 Å². The second-order valence-electron chi connectivity index (χ2n) is 7.23. The molecule has 0 radical (unpaired) electrons. The molecule has 152 valence electrons. The highest BCUT2D eigenvalue weighted by molar-refractivity contribution is 5.60. The van der Waals surface area contributed by atoms with E-state index in [0.29, 0.717) is 12.2 Å². The topological polar surface area (TPSA) is 52.8 Å². The SMILES string of the molecule is COC1CCCC1n1nnc(-c2ccccc2Cc2ccc(C(F)(F)F)cc2)n1. The quantitative estimate of drug-likeness (QED) is 0.621. The average molecular weight is 402 g/mol. The Morgan fingerprint density at radius 2 is 1.83 bits per heavy atom. The van der Waals surface area contributed by atoms with E-state index >= 15 is 0 Å². The zero-order valence-electron chi connectivity index (χ0n) is 15.9. The van der Waals surface area contributed by atoms with Gasteiger partial charge in [-0.25, -0.2) is 0 Å². The lowest BCUT2D eigenvalue weighted by molar-refractivity contribution is -0.137. The maximum Gasteiger partial charge on any atom is 0.416 e. The number of methoxy groups -OCH3 is 1. The van der Waals surface area contributed by atoms with Crippen molar-refractivity contribution < 1.29 is 17.9 Å². The van der Waals surface area contributed by atoms with E-state index in [1.54, 1.807) is 11.9 Å². The molecule has 2 unspecified atom stereocenters. The second kappa shape index (κ2) is 7.94. The molecule has 0 bridgehead atoms. The van der Waals surface area contributed by atoms with Crippen LogP contribution in [0.25, 0.3) is 11.4 Å². The van der Waals surface area contributed by atoms with Gasteiger partial charge in [-0.3, -0.25) is 0 Å². The van der Waals surface area contributed by atoms with Crippen molar-refractivity contribution in [3.05, 3.63) is 65.2 Å². The second-order valence-corrected chi connectivity index (χ2v) is 7.23. The Hall–Kier alpha value is -2.74. The van der Waals surface area contributed by atoms with Crippen molar-refractivity contribution in [2.24, 2.45) is 0 Å². The smallest absolute Gasteiger partial charge is 0.379 e. The molecule has 0 aliphatic heterocycles. The summed E-state index contributed by atoms with van der Waals surface area (Å²) < 4.78 is 43.9.